The molecule has 3 heteroatoms. The Bertz CT molecular complexity index is 777. The normalized spacial score (nSPS) is 16.9. The molecule has 0 spiro atoms. The molecule has 0 fully saturated rings. The Morgan fingerprint density at radius 1 is 0.944 bits per heavy atom. The van der Waals surface area contributed by atoms with E-state index >= 15 is 0 Å². The zero-order valence-corrected chi connectivity index (χ0v) is 10.7. The fraction of sp³-hybridized carbons (Fsp3) is 0. The third-order valence-electron chi connectivity index (χ3n) is 3.30. The molecule has 0 radical (unpaired) electrons. The molecule has 1 unspecified atom stereocenters. The largest absolute Gasteiger partial charge is 0.309 e. The lowest BCUT2D eigenvalue weighted by Gasteiger charge is -2.28. The van der Waals surface area contributed by atoms with Crippen LogP contribution >= 0.6 is 8.88 Å². The summed E-state index contributed by atoms with van der Waals surface area (Å²) in [5, 5.41) is 2.33. The summed E-state index contributed by atoms with van der Waals surface area (Å²) in [5.41, 5.74) is 3.87. The van der Waals surface area contributed by atoms with Gasteiger partial charge in [-0.15, -0.1) is 0 Å². The Balaban J connectivity index is 2.17. The van der Waals surface area contributed by atoms with Crippen LogP contribution in [0.1, 0.15) is 11.1 Å². The Hall–Kier alpha value is -1.92. The highest BCUT2D eigenvalue weighted by Crippen LogP contribution is 2.36. The van der Waals surface area contributed by atoms with E-state index in [0.29, 0.717) is 8.88 Å². The van der Waals surface area contributed by atoms with Gasteiger partial charge in [0.25, 0.3) is 0 Å². The Labute approximate surface area is 107 Å². The molecule has 1 atom stereocenters. The average Bonchev–Trinajstić information content (AvgIpc) is 2.46. The highest BCUT2D eigenvalue weighted by atomic mass is 31.1. The molecule has 86 valence electrons. The highest BCUT2D eigenvalue weighted by molar-refractivity contribution is 7.34. The van der Waals surface area contributed by atoms with Crippen LogP contribution in [-0.2, 0) is 0 Å². The molecule has 2 aliphatic heterocycles. The maximum absolute atomic E-state index is 4.63. The minimum absolute atomic E-state index is 0.445. The third kappa shape index (κ3) is 1.36. The minimum atomic E-state index is 0.445. The van der Waals surface area contributed by atoms with E-state index in [4.69, 9.17) is 0 Å². The van der Waals surface area contributed by atoms with Crippen LogP contribution in [0.3, 0.4) is 0 Å². The van der Waals surface area contributed by atoms with E-state index < -0.39 is 0 Å². The molecular formula is C15H11N2P. The van der Waals surface area contributed by atoms with E-state index in [2.05, 4.69) is 64.2 Å². The van der Waals surface area contributed by atoms with Crippen molar-refractivity contribution in [3.05, 3.63) is 76.4 Å². The van der Waals surface area contributed by atoms with Gasteiger partial charge in [-0.3, -0.25) is 0 Å². The predicted molar refractivity (Wildman–Crippen MR) is 75.4 cm³/mol. The van der Waals surface area contributed by atoms with Gasteiger partial charge in [0.15, 0.2) is 0 Å². The van der Waals surface area contributed by atoms with Gasteiger partial charge in [-0.1, -0.05) is 42.5 Å². The van der Waals surface area contributed by atoms with Gasteiger partial charge < -0.3 is 4.67 Å². The first-order valence-electron chi connectivity index (χ1n) is 5.93. The quantitative estimate of drug-likeness (QED) is 0.655. The highest BCUT2D eigenvalue weighted by Gasteiger charge is 2.19. The first-order valence-corrected chi connectivity index (χ1v) is 6.82. The van der Waals surface area contributed by atoms with Gasteiger partial charge in [0, 0.05) is 17.0 Å². The van der Waals surface area contributed by atoms with Crippen LogP contribution in [0.25, 0.3) is 11.8 Å². The number of hydrogen-bond acceptors (Lipinski definition) is 2. The molecule has 0 bridgehead atoms. The van der Waals surface area contributed by atoms with Crippen LogP contribution < -0.4 is 10.6 Å². The standard InChI is InChI=1S/C15H11N2P/c1-2-6-12-11(5-1)9-10-17-15(12)13-7-3-4-8-14(13)16-18-17/h1-10,18H. The molecule has 18 heavy (non-hydrogen) atoms. The monoisotopic (exact) mass is 250 g/mol. The molecule has 2 aliphatic rings. The fourth-order valence-corrected chi connectivity index (χ4v) is 3.35. The Morgan fingerprint density at radius 3 is 2.78 bits per heavy atom. The lowest BCUT2D eigenvalue weighted by Crippen LogP contribution is -2.34. The lowest BCUT2D eigenvalue weighted by atomic mass is 10.00. The van der Waals surface area contributed by atoms with Crippen molar-refractivity contribution in [3.63, 3.8) is 0 Å². The molecule has 2 aromatic rings. The maximum atomic E-state index is 4.63. The summed E-state index contributed by atoms with van der Waals surface area (Å²) in [6.45, 7) is 0. The number of benzene rings is 2. The van der Waals surface area contributed by atoms with E-state index in [9.17, 15) is 0 Å². The predicted octanol–water partition coefficient (Wildman–Crippen LogP) is 2.27. The second-order valence-corrected chi connectivity index (χ2v) is 5.26. The number of hydrogen-bond donors (Lipinski definition) is 0. The fourth-order valence-electron chi connectivity index (χ4n) is 2.45. The molecule has 2 nitrogen and oxygen atoms in total. The summed E-state index contributed by atoms with van der Waals surface area (Å²) in [6, 6.07) is 16.9. The Morgan fingerprint density at radius 2 is 1.78 bits per heavy atom. The van der Waals surface area contributed by atoms with Crippen molar-refractivity contribution in [3.8, 4) is 0 Å². The van der Waals surface area contributed by atoms with Crippen LogP contribution in [-0.4, -0.2) is 4.67 Å². The van der Waals surface area contributed by atoms with E-state index in [1.807, 2.05) is 6.07 Å². The molecule has 0 aromatic heterocycles. The molecule has 0 saturated carbocycles. The number of fused-ring (bicyclic) bond motifs is 4. The zero-order valence-electron chi connectivity index (χ0n) is 9.67. The average molecular weight is 250 g/mol. The van der Waals surface area contributed by atoms with Crippen molar-refractivity contribution in [1.29, 1.82) is 0 Å². The van der Waals surface area contributed by atoms with Crippen molar-refractivity contribution in [2.75, 3.05) is 0 Å². The van der Waals surface area contributed by atoms with Gasteiger partial charge in [0.1, 0.15) is 8.88 Å². The van der Waals surface area contributed by atoms with Crippen LogP contribution in [0.4, 0.5) is 0 Å². The lowest BCUT2D eigenvalue weighted by molar-refractivity contribution is 0.846. The first-order chi connectivity index (χ1) is 8.93. The van der Waals surface area contributed by atoms with Crippen LogP contribution in [0.5, 0.6) is 0 Å². The smallest absolute Gasteiger partial charge is 0.106 e. The Kier molecular flexibility index (Phi) is 2.12. The van der Waals surface area contributed by atoms with Crippen molar-refractivity contribution in [2.24, 2.45) is 4.76 Å². The topological polar surface area (TPSA) is 15.6 Å². The molecular weight excluding hydrogens is 239 g/mol. The van der Waals surface area contributed by atoms with Gasteiger partial charge in [0.05, 0.1) is 11.1 Å². The molecule has 2 heterocycles. The molecule has 0 N–H and O–H groups in total. The van der Waals surface area contributed by atoms with E-state index in [1.54, 1.807) is 0 Å². The summed E-state index contributed by atoms with van der Waals surface area (Å²) in [6.07, 6.45) is 4.30. The van der Waals surface area contributed by atoms with E-state index in [-0.39, 0.29) is 0 Å². The van der Waals surface area contributed by atoms with Gasteiger partial charge in [0.2, 0.25) is 0 Å². The summed E-state index contributed by atoms with van der Waals surface area (Å²) in [7, 11) is 0.445. The summed E-state index contributed by atoms with van der Waals surface area (Å²) in [4.78, 5) is 0. The summed E-state index contributed by atoms with van der Waals surface area (Å²) >= 11 is 0. The second kappa shape index (κ2) is 3.79. The molecule has 0 amide bonds. The maximum Gasteiger partial charge on any atom is 0.106 e. The van der Waals surface area contributed by atoms with Crippen molar-refractivity contribution in [1.82, 2.24) is 4.67 Å². The number of rotatable bonds is 0. The van der Waals surface area contributed by atoms with Gasteiger partial charge in [-0.25, -0.2) is 4.76 Å². The van der Waals surface area contributed by atoms with Crippen LogP contribution in [0.15, 0.2) is 59.5 Å². The minimum Gasteiger partial charge on any atom is -0.309 e. The van der Waals surface area contributed by atoms with E-state index in [0.717, 1.165) is 5.36 Å². The number of nitrogens with zero attached hydrogens (tertiary/aromatic N) is 2. The van der Waals surface area contributed by atoms with Crippen molar-refractivity contribution >= 4 is 20.7 Å². The van der Waals surface area contributed by atoms with Crippen molar-refractivity contribution < 1.29 is 0 Å². The third-order valence-corrected chi connectivity index (χ3v) is 4.23. The van der Waals surface area contributed by atoms with Gasteiger partial charge in [-0.05, 0) is 17.7 Å². The second-order valence-electron chi connectivity index (χ2n) is 4.35. The molecule has 0 saturated heterocycles. The zero-order chi connectivity index (χ0) is 11.9. The summed E-state index contributed by atoms with van der Waals surface area (Å²) < 4.78 is 6.87. The molecule has 2 aromatic carbocycles. The van der Waals surface area contributed by atoms with Gasteiger partial charge in [-0.2, -0.15) is 0 Å². The first kappa shape index (κ1) is 10.0. The van der Waals surface area contributed by atoms with Gasteiger partial charge >= 0.3 is 0 Å². The van der Waals surface area contributed by atoms with Crippen LogP contribution in [0, 0.1) is 0 Å². The number of para-hydroxylation sites is 1. The SMILES string of the molecule is C1=CN2PN=c3ccccc3=C2c2ccccc21. The molecule has 0 aliphatic carbocycles. The van der Waals surface area contributed by atoms with E-state index in [1.165, 1.54) is 22.0 Å². The summed E-state index contributed by atoms with van der Waals surface area (Å²) in [5.74, 6) is 0. The van der Waals surface area contributed by atoms with Crippen molar-refractivity contribution in [2.45, 2.75) is 0 Å². The van der Waals surface area contributed by atoms with Crippen LogP contribution in [0.2, 0.25) is 0 Å². The molecule has 4 rings (SSSR count).